The Hall–Kier alpha value is -0.790. The molecule has 0 heterocycles. The van der Waals surface area contributed by atoms with E-state index in [1.165, 1.54) is 6.26 Å². The molecule has 0 aliphatic heterocycles. The molecule has 0 aliphatic rings. The number of hydrogen-bond acceptors (Lipinski definition) is 2. The van der Waals surface area contributed by atoms with E-state index in [-0.39, 0.29) is 11.4 Å². The number of esters is 1. The number of unbranched alkanes of at least 4 members (excludes halogenated alkanes) is 3. The fraction of sp³-hybridized carbons (Fsp3) is 0.812. The molecule has 0 saturated carbocycles. The molecular formula is C16H30O2. The molecule has 2 nitrogen and oxygen atoms in total. The first-order chi connectivity index (χ1) is 8.66. The average molecular weight is 254 g/mol. The van der Waals surface area contributed by atoms with Crippen LogP contribution < -0.4 is 0 Å². The second kappa shape index (κ2) is 10.2. The highest BCUT2D eigenvalue weighted by Gasteiger charge is 2.37. The summed E-state index contributed by atoms with van der Waals surface area (Å²) in [5.41, 5.74) is -0.268. The van der Waals surface area contributed by atoms with Crippen molar-refractivity contribution in [3.63, 3.8) is 0 Å². The standard InChI is InChI=1S/C16H30O2/c1-5-9-12-16(13-10-6-2,14-11-7-3)15(17)18-8-4/h8H,4-7,9-14H2,1-3H3. The van der Waals surface area contributed by atoms with Crippen LogP contribution in [0.2, 0.25) is 0 Å². The average Bonchev–Trinajstić information content (AvgIpc) is 2.38. The lowest BCUT2D eigenvalue weighted by Crippen LogP contribution is -2.32. The predicted molar refractivity (Wildman–Crippen MR) is 77.3 cm³/mol. The van der Waals surface area contributed by atoms with Gasteiger partial charge in [-0.25, -0.2) is 0 Å². The van der Waals surface area contributed by atoms with Crippen molar-refractivity contribution in [2.45, 2.75) is 78.6 Å². The maximum Gasteiger partial charge on any atom is 0.316 e. The Morgan fingerprint density at radius 3 is 1.67 bits per heavy atom. The lowest BCUT2D eigenvalue weighted by molar-refractivity contribution is -0.151. The van der Waals surface area contributed by atoms with E-state index in [0.717, 1.165) is 57.8 Å². The number of ether oxygens (including phenoxy) is 1. The molecule has 18 heavy (non-hydrogen) atoms. The van der Waals surface area contributed by atoms with Crippen molar-refractivity contribution in [3.8, 4) is 0 Å². The van der Waals surface area contributed by atoms with E-state index in [1.807, 2.05) is 0 Å². The van der Waals surface area contributed by atoms with Crippen LogP contribution in [0.3, 0.4) is 0 Å². The highest BCUT2D eigenvalue weighted by atomic mass is 16.5. The van der Waals surface area contributed by atoms with Crippen LogP contribution in [0, 0.1) is 5.41 Å². The second-order valence-corrected chi connectivity index (χ2v) is 5.16. The molecular weight excluding hydrogens is 224 g/mol. The number of rotatable bonds is 11. The molecule has 0 atom stereocenters. The third kappa shape index (κ3) is 5.70. The molecule has 0 N–H and O–H groups in total. The zero-order valence-corrected chi connectivity index (χ0v) is 12.5. The second-order valence-electron chi connectivity index (χ2n) is 5.16. The minimum atomic E-state index is -0.268. The van der Waals surface area contributed by atoms with Crippen LogP contribution in [0.5, 0.6) is 0 Å². The molecule has 0 rings (SSSR count). The van der Waals surface area contributed by atoms with Gasteiger partial charge in [-0.2, -0.15) is 0 Å². The van der Waals surface area contributed by atoms with Crippen molar-refractivity contribution in [3.05, 3.63) is 12.8 Å². The summed E-state index contributed by atoms with van der Waals surface area (Å²) in [6, 6.07) is 0. The molecule has 0 radical (unpaired) electrons. The number of hydrogen-bond donors (Lipinski definition) is 0. The van der Waals surface area contributed by atoms with Gasteiger partial charge in [0.25, 0.3) is 0 Å². The summed E-state index contributed by atoms with van der Waals surface area (Å²) < 4.78 is 5.12. The molecule has 106 valence electrons. The normalized spacial score (nSPS) is 11.3. The Morgan fingerprint density at radius 1 is 1.00 bits per heavy atom. The van der Waals surface area contributed by atoms with Gasteiger partial charge in [-0.1, -0.05) is 65.9 Å². The summed E-state index contributed by atoms with van der Waals surface area (Å²) in [5, 5.41) is 0. The van der Waals surface area contributed by atoms with Crippen molar-refractivity contribution in [1.82, 2.24) is 0 Å². The van der Waals surface area contributed by atoms with Gasteiger partial charge in [0.1, 0.15) is 0 Å². The quantitative estimate of drug-likeness (QED) is 0.373. The third-order valence-corrected chi connectivity index (χ3v) is 3.65. The van der Waals surface area contributed by atoms with Gasteiger partial charge in [-0.05, 0) is 19.3 Å². The predicted octanol–water partition coefficient (Wildman–Crippen LogP) is 5.23. The van der Waals surface area contributed by atoms with Crippen LogP contribution in [-0.2, 0) is 9.53 Å². The lowest BCUT2D eigenvalue weighted by Gasteiger charge is -2.31. The molecule has 0 fully saturated rings. The van der Waals surface area contributed by atoms with Crippen LogP contribution in [0.1, 0.15) is 78.6 Å². The van der Waals surface area contributed by atoms with Crippen LogP contribution in [-0.4, -0.2) is 5.97 Å². The van der Waals surface area contributed by atoms with Gasteiger partial charge in [0.05, 0.1) is 11.7 Å². The Bertz CT molecular complexity index is 211. The Morgan fingerprint density at radius 2 is 1.39 bits per heavy atom. The molecule has 0 aromatic carbocycles. The molecule has 0 saturated heterocycles. The van der Waals surface area contributed by atoms with Crippen LogP contribution in [0.25, 0.3) is 0 Å². The Labute approximate surface area is 113 Å². The minimum Gasteiger partial charge on any atom is -0.435 e. The highest BCUT2D eigenvalue weighted by molar-refractivity contribution is 5.77. The molecule has 0 bridgehead atoms. The molecule has 2 heteroatoms. The van der Waals surface area contributed by atoms with E-state index in [0.29, 0.717) is 0 Å². The van der Waals surface area contributed by atoms with Gasteiger partial charge in [-0.15, -0.1) is 0 Å². The lowest BCUT2D eigenvalue weighted by atomic mass is 9.74. The molecule has 0 aromatic heterocycles. The van der Waals surface area contributed by atoms with Gasteiger partial charge in [0.15, 0.2) is 0 Å². The fourth-order valence-corrected chi connectivity index (χ4v) is 2.43. The molecule has 0 amide bonds. The van der Waals surface area contributed by atoms with Crippen LogP contribution >= 0.6 is 0 Å². The molecule has 0 aromatic rings. The first kappa shape index (κ1) is 17.2. The maximum absolute atomic E-state index is 12.3. The Balaban J connectivity index is 4.83. The van der Waals surface area contributed by atoms with E-state index >= 15 is 0 Å². The summed E-state index contributed by atoms with van der Waals surface area (Å²) >= 11 is 0. The van der Waals surface area contributed by atoms with Gasteiger partial charge in [-0.3, -0.25) is 4.79 Å². The SMILES string of the molecule is C=COC(=O)C(CCCC)(CCCC)CCCC. The van der Waals surface area contributed by atoms with Gasteiger partial charge in [0, 0.05) is 0 Å². The zero-order chi connectivity index (χ0) is 13.9. The van der Waals surface area contributed by atoms with Crippen molar-refractivity contribution in [2.24, 2.45) is 5.41 Å². The van der Waals surface area contributed by atoms with E-state index in [4.69, 9.17) is 4.74 Å². The van der Waals surface area contributed by atoms with E-state index < -0.39 is 0 Å². The number of carbonyl (C=O) groups is 1. The fourth-order valence-electron chi connectivity index (χ4n) is 2.43. The summed E-state index contributed by atoms with van der Waals surface area (Å²) in [5.74, 6) is -0.0622. The largest absolute Gasteiger partial charge is 0.435 e. The monoisotopic (exact) mass is 254 g/mol. The molecule has 0 spiro atoms. The zero-order valence-electron chi connectivity index (χ0n) is 12.5. The number of carbonyl (C=O) groups excluding carboxylic acids is 1. The summed E-state index contributed by atoms with van der Waals surface area (Å²) in [7, 11) is 0. The maximum atomic E-state index is 12.3. The van der Waals surface area contributed by atoms with Crippen molar-refractivity contribution in [1.29, 1.82) is 0 Å². The van der Waals surface area contributed by atoms with Crippen molar-refractivity contribution in [2.75, 3.05) is 0 Å². The minimum absolute atomic E-state index is 0.0622. The van der Waals surface area contributed by atoms with Crippen molar-refractivity contribution >= 4 is 5.97 Å². The molecule has 0 unspecified atom stereocenters. The molecule has 0 aliphatic carbocycles. The summed E-state index contributed by atoms with van der Waals surface area (Å²) in [6.07, 6.45) is 10.8. The van der Waals surface area contributed by atoms with E-state index in [1.54, 1.807) is 0 Å². The first-order valence-corrected chi connectivity index (χ1v) is 7.48. The van der Waals surface area contributed by atoms with Crippen LogP contribution in [0.4, 0.5) is 0 Å². The summed E-state index contributed by atoms with van der Waals surface area (Å²) in [4.78, 5) is 12.3. The van der Waals surface area contributed by atoms with Crippen molar-refractivity contribution < 1.29 is 9.53 Å². The Kier molecular flexibility index (Phi) is 9.72. The summed E-state index contributed by atoms with van der Waals surface area (Å²) in [6.45, 7) is 10.0. The van der Waals surface area contributed by atoms with Gasteiger partial charge >= 0.3 is 5.97 Å². The van der Waals surface area contributed by atoms with E-state index in [2.05, 4.69) is 27.4 Å². The topological polar surface area (TPSA) is 26.3 Å². The van der Waals surface area contributed by atoms with E-state index in [9.17, 15) is 4.79 Å². The van der Waals surface area contributed by atoms with Crippen LogP contribution in [0.15, 0.2) is 12.8 Å². The smallest absolute Gasteiger partial charge is 0.316 e. The third-order valence-electron chi connectivity index (χ3n) is 3.65. The van der Waals surface area contributed by atoms with Gasteiger partial charge in [0.2, 0.25) is 0 Å². The highest BCUT2D eigenvalue weighted by Crippen LogP contribution is 2.38. The first-order valence-electron chi connectivity index (χ1n) is 7.48. The van der Waals surface area contributed by atoms with Gasteiger partial charge < -0.3 is 4.74 Å².